The van der Waals surface area contributed by atoms with Gasteiger partial charge in [0.2, 0.25) is 0 Å². The SMILES string of the molecule is CCC(C)c1ccc(OC)cc1C#N. The smallest absolute Gasteiger partial charge is 0.120 e. The Hall–Kier alpha value is -1.49. The molecule has 0 radical (unpaired) electrons. The molecule has 0 N–H and O–H groups in total. The predicted octanol–water partition coefficient (Wildman–Crippen LogP) is 3.08. The third-order valence-corrected chi connectivity index (χ3v) is 2.52. The van der Waals surface area contributed by atoms with Crippen LogP contribution in [0.5, 0.6) is 5.75 Å². The number of nitriles is 1. The average Bonchev–Trinajstić information content (AvgIpc) is 2.27. The summed E-state index contributed by atoms with van der Waals surface area (Å²) in [6.07, 6.45) is 1.04. The van der Waals surface area contributed by atoms with Crippen molar-refractivity contribution >= 4 is 0 Å². The van der Waals surface area contributed by atoms with Crippen LogP contribution in [0.1, 0.15) is 37.3 Å². The standard InChI is InChI=1S/C12H15NO/c1-4-9(2)12-6-5-11(14-3)7-10(12)8-13/h5-7,9H,4H2,1-3H3. The number of hydrogen-bond donors (Lipinski definition) is 0. The van der Waals surface area contributed by atoms with Crippen LogP contribution >= 0.6 is 0 Å². The van der Waals surface area contributed by atoms with Crippen LogP contribution in [0.3, 0.4) is 0 Å². The van der Waals surface area contributed by atoms with Gasteiger partial charge in [-0.15, -0.1) is 0 Å². The molecule has 0 aromatic heterocycles. The van der Waals surface area contributed by atoms with Gasteiger partial charge in [0.25, 0.3) is 0 Å². The fourth-order valence-electron chi connectivity index (χ4n) is 1.41. The summed E-state index contributed by atoms with van der Waals surface area (Å²) in [4.78, 5) is 0. The van der Waals surface area contributed by atoms with E-state index in [0.29, 0.717) is 5.92 Å². The third kappa shape index (κ3) is 2.05. The van der Waals surface area contributed by atoms with Crippen LogP contribution in [0.15, 0.2) is 18.2 Å². The Balaban J connectivity index is 3.13. The Morgan fingerprint density at radius 3 is 2.71 bits per heavy atom. The molecule has 0 saturated carbocycles. The van der Waals surface area contributed by atoms with E-state index < -0.39 is 0 Å². The van der Waals surface area contributed by atoms with Gasteiger partial charge < -0.3 is 4.74 Å². The van der Waals surface area contributed by atoms with Crippen molar-refractivity contribution in [2.45, 2.75) is 26.2 Å². The quantitative estimate of drug-likeness (QED) is 0.732. The Bertz CT molecular complexity index is 352. The van der Waals surface area contributed by atoms with Gasteiger partial charge in [-0.05, 0) is 30.0 Å². The topological polar surface area (TPSA) is 33.0 Å². The van der Waals surface area contributed by atoms with Crippen molar-refractivity contribution in [3.8, 4) is 11.8 Å². The molecular formula is C12H15NO. The van der Waals surface area contributed by atoms with E-state index in [9.17, 15) is 0 Å². The molecule has 0 fully saturated rings. The van der Waals surface area contributed by atoms with Gasteiger partial charge in [0.15, 0.2) is 0 Å². The molecule has 1 unspecified atom stereocenters. The minimum absolute atomic E-state index is 0.426. The van der Waals surface area contributed by atoms with Crippen molar-refractivity contribution in [3.05, 3.63) is 29.3 Å². The van der Waals surface area contributed by atoms with Gasteiger partial charge in [-0.25, -0.2) is 0 Å². The summed E-state index contributed by atoms with van der Waals surface area (Å²) < 4.78 is 5.07. The van der Waals surface area contributed by atoms with Gasteiger partial charge in [0.1, 0.15) is 5.75 Å². The zero-order valence-electron chi connectivity index (χ0n) is 8.87. The van der Waals surface area contributed by atoms with E-state index in [1.54, 1.807) is 13.2 Å². The van der Waals surface area contributed by atoms with Gasteiger partial charge in [-0.3, -0.25) is 0 Å². The minimum atomic E-state index is 0.426. The van der Waals surface area contributed by atoms with Crippen molar-refractivity contribution in [2.24, 2.45) is 0 Å². The van der Waals surface area contributed by atoms with E-state index in [2.05, 4.69) is 19.9 Å². The van der Waals surface area contributed by atoms with E-state index in [1.807, 2.05) is 12.1 Å². The fraction of sp³-hybridized carbons (Fsp3) is 0.417. The first-order valence-electron chi connectivity index (χ1n) is 4.81. The molecule has 14 heavy (non-hydrogen) atoms. The summed E-state index contributed by atoms with van der Waals surface area (Å²) in [5.74, 6) is 1.17. The molecule has 0 aliphatic rings. The highest BCUT2D eigenvalue weighted by Crippen LogP contribution is 2.25. The molecule has 74 valence electrons. The Morgan fingerprint density at radius 2 is 2.21 bits per heavy atom. The van der Waals surface area contributed by atoms with Crippen molar-refractivity contribution < 1.29 is 4.74 Å². The van der Waals surface area contributed by atoms with Crippen LogP contribution in [0.4, 0.5) is 0 Å². The molecule has 0 amide bonds. The molecule has 0 heterocycles. The van der Waals surface area contributed by atoms with Gasteiger partial charge in [0.05, 0.1) is 18.7 Å². The lowest BCUT2D eigenvalue weighted by molar-refractivity contribution is 0.414. The van der Waals surface area contributed by atoms with Crippen LogP contribution in [-0.2, 0) is 0 Å². The molecular weight excluding hydrogens is 174 g/mol. The summed E-state index contributed by atoms with van der Waals surface area (Å²) >= 11 is 0. The highest BCUT2D eigenvalue weighted by Gasteiger charge is 2.09. The van der Waals surface area contributed by atoms with E-state index in [1.165, 1.54) is 0 Å². The maximum atomic E-state index is 8.98. The maximum absolute atomic E-state index is 8.98. The summed E-state index contributed by atoms with van der Waals surface area (Å²) in [6.45, 7) is 4.25. The highest BCUT2D eigenvalue weighted by atomic mass is 16.5. The van der Waals surface area contributed by atoms with Crippen LogP contribution in [0.2, 0.25) is 0 Å². The molecule has 0 aliphatic carbocycles. The third-order valence-electron chi connectivity index (χ3n) is 2.52. The molecule has 2 nitrogen and oxygen atoms in total. The maximum Gasteiger partial charge on any atom is 0.120 e. The minimum Gasteiger partial charge on any atom is -0.497 e. The lowest BCUT2D eigenvalue weighted by atomic mass is 9.94. The van der Waals surface area contributed by atoms with Crippen LogP contribution in [0.25, 0.3) is 0 Å². The molecule has 1 rings (SSSR count). The average molecular weight is 189 g/mol. The summed E-state index contributed by atoms with van der Waals surface area (Å²) in [6, 6.07) is 7.88. The number of hydrogen-bond acceptors (Lipinski definition) is 2. The molecule has 1 aromatic rings. The van der Waals surface area contributed by atoms with Gasteiger partial charge in [-0.2, -0.15) is 5.26 Å². The first kappa shape index (κ1) is 10.6. The second kappa shape index (κ2) is 4.66. The molecule has 1 atom stereocenters. The number of nitrogens with zero attached hydrogens (tertiary/aromatic N) is 1. The number of methoxy groups -OCH3 is 1. The van der Waals surface area contributed by atoms with Crippen molar-refractivity contribution in [1.82, 2.24) is 0 Å². The monoisotopic (exact) mass is 189 g/mol. The lowest BCUT2D eigenvalue weighted by Crippen LogP contribution is -1.96. The van der Waals surface area contributed by atoms with E-state index in [4.69, 9.17) is 10.00 Å². The van der Waals surface area contributed by atoms with E-state index in [0.717, 1.165) is 23.3 Å². The summed E-state index contributed by atoms with van der Waals surface area (Å²) in [7, 11) is 1.61. The predicted molar refractivity (Wildman–Crippen MR) is 56.4 cm³/mol. The molecule has 0 aliphatic heterocycles. The summed E-state index contributed by atoms with van der Waals surface area (Å²) in [5, 5.41) is 8.98. The van der Waals surface area contributed by atoms with E-state index >= 15 is 0 Å². The lowest BCUT2D eigenvalue weighted by Gasteiger charge is -2.11. The molecule has 1 aromatic carbocycles. The van der Waals surface area contributed by atoms with Crippen LogP contribution < -0.4 is 4.74 Å². The van der Waals surface area contributed by atoms with Gasteiger partial charge >= 0.3 is 0 Å². The van der Waals surface area contributed by atoms with Crippen LogP contribution in [-0.4, -0.2) is 7.11 Å². The second-order valence-electron chi connectivity index (χ2n) is 3.37. The van der Waals surface area contributed by atoms with Crippen molar-refractivity contribution in [3.63, 3.8) is 0 Å². The summed E-state index contributed by atoms with van der Waals surface area (Å²) in [5.41, 5.74) is 1.83. The first-order chi connectivity index (χ1) is 6.72. The van der Waals surface area contributed by atoms with Gasteiger partial charge in [0, 0.05) is 0 Å². The molecule has 0 spiro atoms. The Morgan fingerprint density at radius 1 is 1.50 bits per heavy atom. The Labute approximate surface area is 85.1 Å². The fourth-order valence-corrected chi connectivity index (χ4v) is 1.41. The highest BCUT2D eigenvalue weighted by molar-refractivity contribution is 5.44. The normalized spacial score (nSPS) is 11.9. The molecule has 0 saturated heterocycles. The first-order valence-corrected chi connectivity index (χ1v) is 4.81. The zero-order chi connectivity index (χ0) is 10.6. The number of ether oxygens (including phenoxy) is 1. The number of benzene rings is 1. The van der Waals surface area contributed by atoms with Gasteiger partial charge in [-0.1, -0.05) is 19.9 Å². The van der Waals surface area contributed by atoms with Crippen LogP contribution in [0, 0.1) is 11.3 Å². The van der Waals surface area contributed by atoms with Crippen molar-refractivity contribution in [2.75, 3.05) is 7.11 Å². The Kier molecular flexibility index (Phi) is 3.53. The second-order valence-corrected chi connectivity index (χ2v) is 3.37. The number of rotatable bonds is 3. The largest absolute Gasteiger partial charge is 0.497 e. The van der Waals surface area contributed by atoms with Crippen molar-refractivity contribution in [1.29, 1.82) is 5.26 Å². The van der Waals surface area contributed by atoms with E-state index in [-0.39, 0.29) is 0 Å². The molecule has 2 heteroatoms. The zero-order valence-corrected chi connectivity index (χ0v) is 8.87. The molecule has 0 bridgehead atoms.